The summed E-state index contributed by atoms with van der Waals surface area (Å²) in [5.74, 6) is -4.04. The number of likely N-dealkylation sites (tertiary alicyclic amines) is 1. The third-order valence-electron chi connectivity index (χ3n) is 10.2. The largest absolute Gasteiger partial charge is 0.480 e. The first kappa shape index (κ1) is 48.7. The third kappa shape index (κ3) is 16.9. The van der Waals surface area contributed by atoms with Gasteiger partial charge in [0.2, 0.25) is 29.5 Å². The number of nitrogens with one attached hydrogen (secondary N) is 4. The molecular formula is C35H66N14O7S. The van der Waals surface area contributed by atoms with E-state index in [9.17, 15) is 33.9 Å². The summed E-state index contributed by atoms with van der Waals surface area (Å²) < 4.78 is 0. The Bertz CT molecular complexity index is 1400. The minimum Gasteiger partial charge on any atom is -0.480 e. The normalized spacial score (nSPS) is 20.1. The summed E-state index contributed by atoms with van der Waals surface area (Å²) in [4.78, 5) is 88.7. The highest BCUT2D eigenvalue weighted by molar-refractivity contribution is 7.80. The van der Waals surface area contributed by atoms with Gasteiger partial charge in [-0.05, 0) is 89.5 Å². The molecule has 0 radical (unpaired) electrons. The highest BCUT2D eigenvalue weighted by Gasteiger charge is 2.49. The first-order chi connectivity index (χ1) is 27.1. The van der Waals surface area contributed by atoms with E-state index in [-0.39, 0.29) is 74.4 Å². The average Bonchev–Trinajstić information content (AvgIpc) is 3.56. The van der Waals surface area contributed by atoms with Gasteiger partial charge < -0.3 is 71.4 Å². The Labute approximate surface area is 339 Å². The van der Waals surface area contributed by atoms with Gasteiger partial charge in [0.15, 0.2) is 11.9 Å². The van der Waals surface area contributed by atoms with Gasteiger partial charge in [-0.25, -0.2) is 4.79 Å². The standard InChI is InChI=1S/C35H66N14O7S/c36-14-13-24(32(54)49-26-12-2-1-8-20(26)18-27(49)31(53)48-25(33(55)56)11-7-17-45-35(41)42)47-30(52)23(46-29(51)22(38)19-57)10-4-6-15-43-28(50)21(37)9-3-5-16-44-34(39)40/h20-27,57H,1-19,36-38H2,(H,43,50)(H,46,51)(H,47,52)(H,48,53)(H,55,56)(H4,39,40,44)(H4,41,42,45)/t20?,21-,22-,23-,24-,25-,26?,27-/m0/s1. The molecule has 19 N–H and O–H groups in total. The quantitative estimate of drug-likeness (QED) is 0.0174. The molecule has 22 heteroatoms. The lowest BCUT2D eigenvalue weighted by molar-refractivity contribution is -0.146. The number of unbranched alkanes of at least 4 members (excludes halogenated alkanes) is 2. The first-order valence-electron chi connectivity index (χ1n) is 19.8. The maximum absolute atomic E-state index is 14.4. The molecule has 1 aliphatic heterocycles. The molecule has 57 heavy (non-hydrogen) atoms. The summed E-state index contributed by atoms with van der Waals surface area (Å²) in [7, 11) is 0. The lowest BCUT2D eigenvalue weighted by Gasteiger charge is -2.36. The Morgan fingerprint density at radius 3 is 1.96 bits per heavy atom. The zero-order chi connectivity index (χ0) is 42.5. The van der Waals surface area contributed by atoms with Crippen LogP contribution in [-0.4, -0.2) is 132 Å². The van der Waals surface area contributed by atoms with E-state index in [1.54, 1.807) is 0 Å². The predicted molar refractivity (Wildman–Crippen MR) is 219 cm³/mol. The van der Waals surface area contributed by atoms with Crippen LogP contribution in [0, 0.1) is 5.92 Å². The van der Waals surface area contributed by atoms with E-state index in [4.69, 9.17) is 40.1 Å². The van der Waals surface area contributed by atoms with Gasteiger partial charge in [-0.15, -0.1) is 0 Å². The first-order valence-corrected chi connectivity index (χ1v) is 20.4. The Hall–Kier alpha value is -4.41. The minimum atomic E-state index is -1.24. The van der Waals surface area contributed by atoms with Gasteiger partial charge in [-0.2, -0.15) is 12.6 Å². The summed E-state index contributed by atoms with van der Waals surface area (Å²) in [6.45, 7) is 0.913. The molecule has 21 nitrogen and oxygen atoms in total. The van der Waals surface area contributed by atoms with Crippen molar-refractivity contribution in [2.75, 3.05) is 31.9 Å². The number of thiol groups is 1. The Morgan fingerprint density at radius 1 is 0.719 bits per heavy atom. The van der Waals surface area contributed by atoms with E-state index in [2.05, 4.69) is 43.9 Å². The summed E-state index contributed by atoms with van der Waals surface area (Å²) in [5.41, 5.74) is 39.2. The molecule has 1 aliphatic carbocycles. The third-order valence-corrected chi connectivity index (χ3v) is 10.6. The topological polar surface area (TPSA) is 381 Å². The van der Waals surface area contributed by atoms with Crippen LogP contribution in [0.3, 0.4) is 0 Å². The van der Waals surface area contributed by atoms with E-state index in [0.29, 0.717) is 57.9 Å². The van der Waals surface area contributed by atoms with Gasteiger partial charge in [-0.3, -0.25) is 34.0 Å². The Balaban J connectivity index is 2.15. The van der Waals surface area contributed by atoms with Crippen molar-refractivity contribution in [1.29, 1.82) is 0 Å². The second-order valence-electron chi connectivity index (χ2n) is 14.6. The number of guanidine groups is 2. The maximum Gasteiger partial charge on any atom is 0.326 e. The van der Waals surface area contributed by atoms with Crippen LogP contribution in [-0.2, 0) is 28.8 Å². The summed E-state index contributed by atoms with van der Waals surface area (Å²) >= 11 is 4.09. The van der Waals surface area contributed by atoms with Crippen LogP contribution in [0.2, 0.25) is 0 Å². The smallest absolute Gasteiger partial charge is 0.326 e. The van der Waals surface area contributed by atoms with Gasteiger partial charge in [0.1, 0.15) is 24.2 Å². The number of rotatable bonds is 26. The van der Waals surface area contributed by atoms with E-state index < -0.39 is 65.8 Å². The Morgan fingerprint density at radius 2 is 1.33 bits per heavy atom. The average molecular weight is 827 g/mol. The fourth-order valence-electron chi connectivity index (χ4n) is 7.18. The van der Waals surface area contributed by atoms with Crippen molar-refractivity contribution in [3.05, 3.63) is 0 Å². The molecule has 2 unspecified atom stereocenters. The highest BCUT2D eigenvalue weighted by atomic mass is 32.1. The van der Waals surface area contributed by atoms with Crippen LogP contribution in [0.25, 0.3) is 0 Å². The number of aliphatic imine (C=N–C) groups is 2. The van der Waals surface area contributed by atoms with Crippen molar-refractivity contribution >= 4 is 60.1 Å². The van der Waals surface area contributed by atoms with Crippen LogP contribution in [0.4, 0.5) is 0 Å². The number of fused-ring (bicyclic) bond motifs is 1. The molecule has 0 aromatic rings. The minimum absolute atomic E-state index is 0.00254. The zero-order valence-electron chi connectivity index (χ0n) is 32.8. The van der Waals surface area contributed by atoms with Gasteiger partial charge in [-0.1, -0.05) is 12.8 Å². The molecule has 1 saturated heterocycles. The highest BCUT2D eigenvalue weighted by Crippen LogP contribution is 2.40. The van der Waals surface area contributed by atoms with Crippen LogP contribution in [0.1, 0.15) is 89.9 Å². The molecule has 5 amide bonds. The molecule has 1 saturated carbocycles. The summed E-state index contributed by atoms with van der Waals surface area (Å²) in [5, 5.41) is 20.7. The number of amides is 5. The molecule has 8 atom stereocenters. The maximum atomic E-state index is 14.4. The number of carboxylic acids is 1. The second kappa shape index (κ2) is 25.8. The lowest BCUT2D eigenvalue weighted by atomic mass is 9.84. The lowest BCUT2D eigenvalue weighted by Crippen LogP contribution is -2.60. The van der Waals surface area contributed by atoms with Crippen LogP contribution >= 0.6 is 12.6 Å². The number of nitrogens with two attached hydrogens (primary N) is 7. The van der Waals surface area contributed by atoms with Crippen molar-refractivity contribution in [3.8, 4) is 0 Å². The van der Waals surface area contributed by atoms with E-state index in [1.807, 2.05) is 0 Å². The molecule has 0 bridgehead atoms. The molecular weight excluding hydrogens is 761 g/mol. The number of aliphatic carboxylic acids is 1. The van der Waals surface area contributed by atoms with Gasteiger partial charge in [0.05, 0.1) is 12.1 Å². The summed E-state index contributed by atoms with van der Waals surface area (Å²) in [6, 6.07) is -6.47. The SMILES string of the molecule is NCC[C@H](NC(=O)[C@H](CCCCNC(=O)[C@@H](N)CCCCN=C(N)N)NC(=O)[C@@H](N)CS)C(=O)N1C2CCCCC2C[C@H]1C(=O)N[C@@H](CCCN=C(N)N)C(=O)O. The second-order valence-corrected chi connectivity index (χ2v) is 15.0. The number of carboxylic acid groups (broad SMARTS) is 1. The summed E-state index contributed by atoms with van der Waals surface area (Å²) in [6.07, 6.45) is 6.70. The molecule has 324 valence electrons. The van der Waals surface area contributed by atoms with Gasteiger partial charge in [0.25, 0.3) is 0 Å². The number of hydrogen-bond donors (Lipinski definition) is 13. The number of carbonyl (C=O) groups excluding carboxylic acids is 5. The molecule has 2 rings (SSSR count). The number of carbonyl (C=O) groups is 6. The van der Waals surface area contributed by atoms with Crippen LogP contribution < -0.4 is 61.4 Å². The van der Waals surface area contributed by atoms with Crippen LogP contribution in [0.5, 0.6) is 0 Å². The Kier molecular flexibility index (Phi) is 22.0. The van der Waals surface area contributed by atoms with Crippen molar-refractivity contribution in [1.82, 2.24) is 26.2 Å². The van der Waals surface area contributed by atoms with Crippen LogP contribution in [0.15, 0.2) is 9.98 Å². The fraction of sp³-hybridized carbons (Fsp3) is 0.771. The molecule has 0 aromatic heterocycles. The molecule has 2 aliphatic rings. The van der Waals surface area contributed by atoms with Gasteiger partial charge in [0, 0.05) is 31.4 Å². The molecule has 0 spiro atoms. The number of hydrogen-bond acceptors (Lipinski definition) is 12. The monoisotopic (exact) mass is 826 g/mol. The molecule has 2 fully saturated rings. The molecule has 0 aromatic carbocycles. The van der Waals surface area contributed by atoms with E-state index in [0.717, 1.165) is 19.3 Å². The fourth-order valence-corrected chi connectivity index (χ4v) is 7.34. The number of nitrogens with zero attached hydrogens (tertiary/aromatic N) is 3. The van der Waals surface area contributed by atoms with Crippen molar-refractivity contribution in [2.24, 2.45) is 56.0 Å². The van der Waals surface area contributed by atoms with E-state index in [1.165, 1.54) is 4.90 Å². The van der Waals surface area contributed by atoms with Crippen molar-refractivity contribution < 1.29 is 33.9 Å². The molecule has 1 heterocycles. The van der Waals surface area contributed by atoms with Gasteiger partial charge >= 0.3 is 5.97 Å². The zero-order valence-corrected chi connectivity index (χ0v) is 33.7. The predicted octanol–water partition coefficient (Wildman–Crippen LogP) is -3.60. The van der Waals surface area contributed by atoms with E-state index >= 15 is 0 Å². The van der Waals surface area contributed by atoms with Crippen molar-refractivity contribution in [3.63, 3.8) is 0 Å². The van der Waals surface area contributed by atoms with Crippen molar-refractivity contribution in [2.45, 2.75) is 132 Å².